The van der Waals surface area contributed by atoms with E-state index in [0.717, 1.165) is 42.5 Å². The molecular formula is C25H28N4O2. The molecule has 4 rings (SSSR count). The van der Waals surface area contributed by atoms with E-state index in [-0.39, 0.29) is 24.4 Å². The van der Waals surface area contributed by atoms with E-state index >= 15 is 0 Å². The van der Waals surface area contributed by atoms with Gasteiger partial charge in [-0.05, 0) is 50.0 Å². The molecule has 0 radical (unpaired) electrons. The summed E-state index contributed by atoms with van der Waals surface area (Å²) < 4.78 is 1.94. The highest BCUT2D eigenvalue weighted by Crippen LogP contribution is 2.22. The molecule has 1 aliphatic rings. The molecule has 0 aliphatic carbocycles. The molecule has 160 valence electrons. The Labute approximate surface area is 182 Å². The molecule has 1 unspecified atom stereocenters. The number of piperidine rings is 1. The van der Waals surface area contributed by atoms with Crippen molar-refractivity contribution in [1.29, 1.82) is 0 Å². The summed E-state index contributed by atoms with van der Waals surface area (Å²) >= 11 is 0. The largest absolute Gasteiger partial charge is 0.343 e. The predicted octanol–water partition coefficient (Wildman–Crippen LogP) is 3.94. The van der Waals surface area contributed by atoms with Crippen LogP contribution in [0.3, 0.4) is 0 Å². The molecule has 2 aromatic carbocycles. The van der Waals surface area contributed by atoms with Gasteiger partial charge in [0.15, 0.2) is 0 Å². The van der Waals surface area contributed by atoms with Crippen molar-refractivity contribution in [2.75, 3.05) is 13.1 Å². The molecule has 0 bridgehead atoms. The van der Waals surface area contributed by atoms with Gasteiger partial charge in [-0.3, -0.25) is 9.59 Å². The average Bonchev–Trinajstić information content (AvgIpc) is 3.17. The monoisotopic (exact) mass is 416 g/mol. The van der Waals surface area contributed by atoms with Crippen molar-refractivity contribution < 1.29 is 9.59 Å². The van der Waals surface area contributed by atoms with Gasteiger partial charge in [0.1, 0.15) is 12.4 Å². The third-order valence-electron chi connectivity index (χ3n) is 5.66. The van der Waals surface area contributed by atoms with E-state index < -0.39 is 0 Å². The number of nitrogens with zero attached hydrogens (tertiary/aromatic N) is 3. The van der Waals surface area contributed by atoms with Gasteiger partial charge in [0.2, 0.25) is 11.8 Å². The minimum Gasteiger partial charge on any atom is -0.343 e. The van der Waals surface area contributed by atoms with Gasteiger partial charge in [-0.25, -0.2) is 4.98 Å². The third kappa shape index (κ3) is 5.02. The van der Waals surface area contributed by atoms with Crippen molar-refractivity contribution in [3.05, 3.63) is 72.1 Å². The second kappa shape index (κ2) is 9.60. The van der Waals surface area contributed by atoms with E-state index in [4.69, 9.17) is 4.98 Å². The summed E-state index contributed by atoms with van der Waals surface area (Å²) in [6.07, 6.45) is 6.61. The number of benzene rings is 2. The zero-order valence-corrected chi connectivity index (χ0v) is 17.8. The quantitative estimate of drug-likeness (QED) is 0.619. The maximum Gasteiger partial charge on any atom is 0.244 e. The van der Waals surface area contributed by atoms with Crippen molar-refractivity contribution >= 4 is 28.9 Å². The minimum absolute atomic E-state index is 0.103. The van der Waals surface area contributed by atoms with Crippen LogP contribution in [0.5, 0.6) is 0 Å². The summed E-state index contributed by atoms with van der Waals surface area (Å²) in [6, 6.07) is 17.1. The molecule has 1 aliphatic heterocycles. The van der Waals surface area contributed by atoms with Crippen molar-refractivity contribution in [1.82, 2.24) is 19.8 Å². The Morgan fingerprint density at radius 2 is 1.74 bits per heavy atom. The first kappa shape index (κ1) is 20.8. The number of hydrogen-bond acceptors (Lipinski definition) is 3. The van der Waals surface area contributed by atoms with Crippen LogP contribution in [0.2, 0.25) is 0 Å². The van der Waals surface area contributed by atoms with Gasteiger partial charge in [-0.15, -0.1) is 0 Å². The van der Waals surface area contributed by atoms with Crippen LogP contribution in [-0.4, -0.2) is 39.4 Å². The van der Waals surface area contributed by atoms with E-state index in [9.17, 15) is 9.59 Å². The number of carbonyl (C=O) groups excluding carboxylic acids is 2. The SMILES string of the molecule is CC(NC(=O)/C=C\c1ccccc1)c1nc2ccccc2n1CC(=O)N1CCCCC1. The lowest BCUT2D eigenvalue weighted by molar-refractivity contribution is -0.132. The first-order valence-corrected chi connectivity index (χ1v) is 10.9. The Morgan fingerprint density at radius 1 is 1.03 bits per heavy atom. The topological polar surface area (TPSA) is 67.2 Å². The van der Waals surface area contributed by atoms with E-state index in [2.05, 4.69) is 5.32 Å². The van der Waals surface area contributed by atoms with E-state index in [1.54, 1.807) is 6.08 Å². The van der Waals surface area contributed by atoms with Gasteiger partial charge in [-0.1, -0.05) is 42.5 Å². The van der Waals surface area contributed by atoms with Crippen LogP contribution >= 0.6 is 0 Å². The van der Waals surface area contributed by atoms with Crippen LogP contribution in [0.4, 0.5) is 0 Å². The van der Waals surface area contributed by atoms with Gasteiger partial charge in [0.25, 0.3) is 0 Å². The number of para-hydroxylation sites is 2. The Bertz CT molecular complexity index is 1080. The number of aromatic nitrogens is 2. The van der Waals surface area contributed by atoms with E-state index in [1.165, 1.54) is 12.5 Å². The number of carbonyl (C=O) groups is 2. The first-order valence-electron chi connectivity index (χ1n) is 10.9. The van der Waals surface area contributed by atoms with Crippen molar-refractivity contribution in [3.63, 3.8) is 0 Å². The summed E-state index contributed by atoms with van der Waals surface area (Å²) in [5.41, 5.74) is 2.69. The summed E-state index contributed by atoms with van der Waals surface area (Å²) in [5, 5.41) is 2.99. The highest BCUT2D eigenvalue weighted by molar-refractivity contribution is 5.92. The van der Waals surface area contributed by atoms with E-state index in [1.807, 2.05) is 71.0 Å². The maximum atomic E-state index is 12.9. The molecule has 0 spiro atoms. The molecule has 1 fully saturated rings. The zero-order valence-electron chi connectivity index (χ0n) is 17.8. The summed E-state index contributed by atoms with van der Waals surface area (Å²) in [5.74, 6) is 0.594. The second-order valence-electron chi connectivity index (χ2n) is 7.96. The molecular weight excluding hydrogens is 388 g/mol. The molecule has 1 aromatic heterocycles. The standard InChI is InChI=1S/C25H28N4O2/c1-19(26-23(30)15-14-20-10-4-2-5-11-20)25-27-21-12-6-7-13-22(21)29(25)18-24(31)28-16-8-3-9-17-28/h2,4-7,10-15,19H,3,8-9,16-18H2,1H3,(H,26,30)/b15-14-. The number of nitrogens with one attached hydrogen (secondary N) is 1. The van der Waals surface area contributed by atoms with Crippen LogP contribution in [0.1, 0.15) is 43.6 Å². The maximum absolute atomic E-state index is 12.9. The second-order valence-corrected chi connectivity index (χ2v) is 7.96. The Morgan fingerprint density at radius 3 is 2.52 bits per heavy atom. The van der Waals surface area contributed by atoms with Crippen LogP contribution in [-0.2, 0) is 16.1 Å². The zero-order chi connectivity index (χ0) is 21.6. The van der Waals surface area contributed by atoms with Crippen LogP contribution in [0.25, 0.3) is 17.1 Å². The highest BCUT2D eigenvalue weighted by Gasteiger charge is 2.22. The lowest BCUT2D eigenvalue weighted by Crippen LogP contribution is -2.38. The average molecular weight is 417 g/mol. The fourth-order valence-electron chi connectivity index (χ4n) is 4.03. The fourth-order valence-corrected chi connectivity index (χ4v) is 4.03. The normalized spacial score (nSPS) is 15.3. The van der Waals surface area contributed by atoms with Crippen molar-refractivity contribution in [2.24, 2.45) is 0 Å². The lowest BCUT2D eigenvalue weighted by Gasteiger charge is -2.27. The molecule has 2 heterocycles. The number of hydrogen-bond donors (Lipinski definition) is 1. The van der Waals surface area contributed by atoms with Crippen molar-refractivity contribution in [3.8, 4) is 0 Å². The van der Waals surface area contributed by atoms with Crippen molar-refractivity contribution in [2.45, 2.75) is 38.8 Å². The minimum atomic E-state index is -0.338. The fraction of sp³-hybridized carbons (Fsp3) is 0.320. The molecule has 6 heteroatoms. The molecule has 6 nitrogen and oxygen atoms in total. The van der Waals surface area contributed by atoms with Gasteiger partial charge in [-0.2, -0.15) is 0 Å². The molecule has 31 heavy (non-hydrogen) atoms. The predicted molar refractivity (Wildman–Crippen MR) is 122 cm³/mol. The Kier molecular flexibility index (Phi) is 6.46. The van der Waals surface area contributed by atoms with Gasteiger partial charge in [0.05, 0.1) is 17.1 Å². The van der Waals surface area contributed by atoms with Gasteiger partial charge < -0.3 is 14.8 Å². The summed E-state index contributed by atoms with van der Waals surface area (Å²) in [6.45, 7) is 3.77. The van der Waals surface area contributed by atoms with Crippen LogP contribution in [0, 0.1) is 0 Å². The Balaban J connectivity index is 1.53. The smallest absolute Gasteiger partial charge is 0.244 e. The number of likely N-dealkylation sites (tertiary alicyclic amines) is 1. The van der Waals surface area contributed by atoms with Crippen LogP contribution in [0.15, 0.2) is 60.7 Å². The number of fused-ring (bicyclic) bond motifs is 1. The lowest BCUT2D eigenvalue weighted by atomic mass is 10.1. The highest BCUT2D eigenvalue weighted by atomic mass is 16.2. The number of imidazole rings is 1. The number of amides is 2. The molecule has 2 amide bonds. The van der Waals surface area contributed by atoms with Crippen LogP contribution < -0.4 is 5.32 Å². The summed E-state index contributed by atoms with van der Waals surface area (Å²) in [4.78, 5) is 32.1. The van der Waals surface area contributed by atoms with E-state index in [0.29, 0.717) is 5.82 Å². The summed E-state index contributed by atoms with van der Waals surface area (Å²) in [7, 11) is 0. The molecule has 1 N–H and O–H groups in total. The molecule has 1 atom stereocenters. The molecule has 0 saturated carbocycles. The molecule has 1 saturated heterocycles. The van der Waals surface area contributed by atoms with Gasteiger partial charge in [0, 0.05) is 19.2 Å². The number of rotatable bonds is 6. The third-order valence-corrected chi connectivity index (χ3v) is 5.66. The molecule has 3 aromatic rings. The van der Waals surface area contributed by atoms with Gasteiger partial charge >= 0.3 is 0 Å². The first-order chi connectivity index (χ1) is 15.1. The Hall–Kier alpha value is -3.41.